The predicted octanol–water partition coefficient (Wildman–Crippen LogP) is 2.62. The van der Waals surface area contributed by atoms with Gasteiger partial charge in [0.1, 0.15) is 0 Å². The van der Waals surface area contributed by atoms with E-state index in [0.29, 0.717) is 0 Å². The SMILES string of the molecule is O/N=C\[c-]1cccc1.[Fe].[cH-]1[cH-][cH-][cH-][cH-]1. The topological polar surface area (TPSA) is 32.6 Å². The van der Waals surface area contributed by atoms with Crippen molar-refractivity contribution < 1.29 is 22.3 Å². The Labute approximate surface area is 94.1 Å². The van der Waals surface area contributed by atoms with Crippen LogP contribution in [0.2, 0.25) is 0 Å². The average molecular weight is 229 g/mol. The van der Waals surface area contributed by atoms with Crippen molar-refractivity contribution in [1.82, 2.24) is 0 Å². The Morgan fingerprint density at radius 3 is 1.79 bits per heavy atom. The van der Waals surface area contributed by atoms with Gasteiger partial charge in [-0.25, -0.2) is 12.1 Å². The third-order valence-electron chi connectivity index (χ3n) is 1.45. The molecule has 0 aliphatic carbocycles. The fraction of sp³-hybridized carbons (Fsp3) is 0. The van der Waals surface area contributed by atoms with E-state index in [1.165, 1.54) is 6.21 Å². The molecule has 0 saturated heterocycles. The van der Waals surface area contributed by atoms with Crippen molar-refractivity contribution in [3.8, 4) is 0 Å². The van der Waals surface area contributed by atoms with E-state index in [4.69, 9.17) is 5.21 Å². The second-order valence-electron chi connectivity index (χ2n) is 2.43. The summed E-state index contributed by atoms with van der Waals surface area (Å²) in [5.74, 6) is 0. The van der Waals surface area contributed by atoms with E-state index in [1.807, 2.05) is 54.6 Å². The first-order valence-corrected chi connectivity index (χ1v) is 3.99. The largest absolute Gasteiger partial charge is 0.748 e. The fourth-order valence-electron chi connectivity index (χ4n) is 0.862. The molecule has 2 rings (SSSR count). The number of hydrogen-bond donors (Lipinski definition) is 1. The van der Waals surface area contributed by atoms with E-state index in [0.717, 1.165) is 5.56 Å². The summed E-state index contributed by atoms with van der Waals surface area (Å²) in [6.07, 6.45) is 1.39. The van der Waals surface area contributed by atoms with Crippen LogP contribution < -0.4 is 0 Å². The summed E-state index contributed by atoms with van der Waals surface area (Å²) < 4.78 is 0. The van der Waals surface area contributed by atoms with Gasteiger partial charge in [-0.15, -0.1) is 10.7 Å². The molecule has 2 nitrogen and oxygen atoms in total. The first-order chi connectivity index (χ1) is 6.43. The van der Waals surface area contributed by atoms with Gasteiger partial charge in [-0.2, -0.15) is 12.1 Å². The third-order valence-corrected chi connectivity index (χ3v) is 1.45. The number of oxime groups is 1. The van der Waals surface area contributed by atoms with Crippen molar-refractivity contribution in [3.05, 3.63) is 60.2 Å². The monoisotopic (exact) mass is 229 g/mol. The Morgan fingerprint density at radius 1 is 1.00 bits per heavy atom. The molecule has 0 spiro atoms. The molecule has 0 unspecified atom stereocenters. The van der Waals surface area contributed by atoms with Crippen molar-refractivity contribution in [1.29, 1.82) is 0 Å². The summed E-state index contributed by atoms with van der Waals surface area (Å²) in [4.78, 5) is 0. The van der Waals surface area contributed by atoms with Crippen LogP contribution in [-0.4, -0.2) is 11.4 Å². The summed E-state index contributed by atoms with van der Waals surface area (Å²) in [6, 6.07) is 17.5. The molecule has 0 amide bonds. The summed E-state index contributed by atoms with van der Waals surface area (Å²) in [6.45, 7) is 0. The molecule has 80 valence electrons. The van der Waals surface area contributed by atoms with Gasteiger partial charge in [0.25, 0.3) is 0 Å². The number of hydrogen-bond acceptors (Lipinski definition) is 2. The van der Waals surface area contributed by atoms with Crippen LogP contribution in [0.1, 0.15) is 5.56 Å². The maximum absolute atomic E-state index is 8.01. The summed E-state index contributed by atoms with van der Waals surface area (Å²) >= 11 is 0. The van der Waals surface area contributed by atoms with Crippen molar-refractivity contribution in [2.75, 3.05) is 0 Å². The molecule has 0 aromatic heterocycles. The van der Waals surface area contributed by atoms with Crippen molar-refractivity contribution in [2.45, 2.75) is 0 Å². The average Bonchev–Trinajstić information content (AvgIpc) is 2.79. The van der Waals surface area contributed by atoms with Crippen molar-refractivity contribution >= 4 is 6.21 Å². The number of nitrogens with zero attached hydrogens (tertiary/aromatic N) is 1. The Kier molecular flexibility index (Phi) is 7.52. The van der Waals surface area contributed by atoms with Gasteiger partial charge in [-0.3, -0.25) is 0 Å². The maximum atomic E-state index is 8.01. The van der Waals surface area contributed by atoms with Crippen molar-refractivity contribution in [2.24, 2.45) is 5.16 Å². The molecule has 0 radical (unpaired) electrons. The summed E-state index contributed by atoms with van der Waals surface area (Å²) in [5.41, 5.74) is 0.924. The summed E-state index contributed by atoms with van der Waals surface area (Å²) in [7, 11) is 0. The van der Waals surface area contributed by atoms with Gasteiger partial charge in [0, 0.05) is 23.3 Å². The van der Waals surface area contributed by atoms with Gasteiger partial charge in [0.2, 0.25) is 0 Å². The molecular formula is C11H11FeNO-6. The van der Waals surface area contributed by atoms with Crippen molar-refractivity contribution in [3.63, 3.8) is 0 Å². The molecule has 0 aliphatic rings. The molecule has 0 heterocycles. The van der Waals surface area contributed by atoms with Crippen LogP contribution in [0.5, 0.6) is 0 Å². The minimum absolute atomic E-state index is 0. The smallest absolute Gasteiger partial charge is 0.0181 e. The first kappa shape index (κ1) is 12.7. The zero-order chi connectivity index (χ0) is 9.36. The van der Waals surface area contributed by atoms with Gasteiger partial charge in [-0.05, 0) is 0 Å². The van der Waals surface area contributed by atoms with Crippen LogP contribution in [0, 0.1) is 0 Å². The molecule has 0 atom stereocenters. The second-order valence-corrected chi connectivity index (χ2v) is 2.43. The molecule has 2 aromatic rings. The Hall–Kier alpha value is -1.31. The summed E-state index contributed by atoms with van der Waals surface area (Å²) in [5, 5.41) is 10.9. The van der Waals surface area contributed by atoms with Gasteiger partial charge >= 0.3 is 0 Å². The molecule has 0 fully saturated rings. The van der Waals surface area contributed by atoms with E-state index in [9.17, 15) is 0 Å². The normalized spacial score (nSPS) is 8.86. The number of rotatable bonds is 1. The fourth-order valence-corrected chi connectivity index (χ4v) is 0.862. The first-order valence-electron chi connectivity index (χ1n) is 3.99. The Morgan fingerprint density at radius 2 is 1.43 bits per heavy atom. The van der Waals surface area contributed by atoms with E-state index >= 15 is 0 Å². The van der Waals surface area contributed by atoms with E-state index in [1.54, 1.807) is 0 Å². The van der Waals surface area contributed by atoms with Gasteiger partial charge in [0.15, 0.2) is 0 Å². The molecule has 2 aromatic carbocycles. The molecule has 1 N–H and O–H groups in total. The van der Waals surface area contributed by atoms with Gasteiger partial charge in [-0.1, -0.05) is 0 Å². The molecule has 14 heavy (non-hydrogen) atoms. The zero-order valence-corrected chi connectivity index (χ0v) is 8.63. The Bertz CT molecular complexity index is 294. The Balaban J connectivity index is 0.000000246. The maximum Gasteiger partial charge on any atom is 0.0181 e. The minimum Gasteiger partial charge on any atom is -0.748 e. The second kappa shape index (κ2) is 8.30. The molecule has 0 saturated carbocycles. The van der Waals surface area contributed by atoms with Crippen LogP contribution in [0.15, 0.2) is 59.8 Å². The molecule has 0 aliphatic heterocycles. The van der Waals surface area contributed by atoms with E-state index < -0.39 is 0 Å². The van der Waals surface area contributed by atoms with Crippen LogP contribution in [0.4, 0.5) is 0 Å². The minimum atomic E-state index is 0. The quantitative estimate of drug-likeness (QED) is 0.263. The molecular weight excluding hydrogens is 218 g/mol. The standard InChI is InChI=1S/C6H6NO.C5H5.Fe/c8-7-5-6-3-1-2-4-6;1-2-4-5-3-1;/h1-5,8H;1-5H;/q-1;-5;/b7-5-;;. The van der Waals surface area contributed by atoms with Crippen LogP contribution in [0.25, 0.3) is 0 Å². The molecule has 0 bridgehead atoms. The van der Waals surface area contributed by atoms with Crippen LogP contribution in [-0.2, 0) is 17.1 Å². The van der Waals surface area contributed by atoms with Gasteiger partial charge < -0.3 is 35.5 Å². The third kappa shape index (κ3) is 5.36. The zero-order valence-electron chi connectivity index (χ0n) is 7.52. The van der Waals surface area contributed by atoms with Crippen LogP contribution >= 0.6 is 0 Å². The molecule has 3 heteroatoms. The van der Waals surface area contributed by atoms with Gasteiger partial charge in [0.05, 0.1) is 0 Å². The predicted molar refractivity (Wildman–Crippen MR) is 53.5 cm³/mol. The van der Waals surface area contributed by atoms with Crippen LogP contribution in [0.3, 0.4) is 0 Å². The van der Waals surface area contributed by atoms with E-state index in [2.05, 4.69) is 5.16 Å². The van der Waals surface area contributed by atoms with E-state index in [-0.39, 0.29) is 17.1 Å².